The highest BCUT2D eigenvalue weighted by Gasteiger charge is 2.32. The van der Waals surface area contributed by atoms with Crippen LogP contribution in [0, 0.1) is 5.82 Å². The molecule has 3 aromatic rings. The van der Waals surface area contributed by atoms with E-state index in [0.717, 1.165) is 24.3 Å². The molecule has 158 valence electrons. The Balaban J connectivity index is 1.65. The molecular formula is C20H19FN2O6S. The fourth-order valence-corrected chi connectivity index (χ4v) is 4.31. The monoisotopic (exact) mass is 434 g/mol. The van der Waals surface area contributed by atoms with Gasteiger partial charge in [0.25, 0.3) is 0 Å². The molecule has 10 heteroatoms. The molecule has 0 saturated heterocycles. The third-order valence-electron chi connectivity index (χ3n) is 4.27. The van der Waals surface area contributed by atoms with Crippen LogP contribution in [0.1, 0.15) is 16.8 Å². The topological polar surface area (TPSA) is 119 Å². The fraction of sp³-hybridized carbons (Fsp3) is 0.200. The summed E-state index contributed by atoms with van der Waals surface area (Å²) in [5.41, 5.74) is 0. The Bertz CT molecular complexity index is 1080. The van der Waals surface area contributed by atoms with Crippen LogP contribution in [0.4, 0.5) is 4.39 Å². The molecule has 2 heterocycles. The lowest BCUT2D eigenvalue weighted by molar-refractivity contribution is -0.139. The Kier molecular flexibility index (Phi) is 6.68. The predicted molar refractivity (Wildman–Crippen MR) is 103 cm³/mol. The Morgan fingerprint density at radius 1 is 0.933 bits per heavy atom. The van der Waals surface area contributed by atoms with Crippen molar-refractivity contribution in [3.05, 3.63) is 78.4 Å². The largest absolute Gasteiger partial charge is 0.469 e. The fourth-order valence-electron chi connectivity index (χ4n) is 2.73. The van der Waals surface area contributed by atoms with Gasteiger partial charge >= 0.3 is 11.8 Å². The number of carbonyl (C=O) groups is 2. The lowest BCUT2D eigenvalue weighted by Crippen LogP contribution is -2.42. The third-order valence-corrected chi connectivity index (χ3v) is 6.35. The van der Waals surface area contributed by atoms with Crippen LogP contribution in [-0.4, -0.2) is 33.3 Å². The first kappa shape index (κ1) is 21.3. The molecule has 8 nitrogen and oxygen atoms in total. The molecule has 3 rings (SSSR count). The Labute approximate surface area is 172 Å². The van der Waals surface area contributed by atoms with Crippen molar-refractivity contribution in [3.63, 3.8) is 0 Å². The van der Waals surface area contributed by atoms with Gasteiger partial charge in [-0.15, -0.1) is 0 Å². The summed E-state index contributed by atoms with van der Waals surface area (Å²) in [7, 11) is -4.03. The van der Waals surface area contributed by atoms with E-state index >= 15 is 0 Å². The highest BCUT2D eigenvalue weighted by atomic mass is 32.2. The van der Waals surface area contributed by atoms with Gasteiger partial charge in [-0.05, 0) is 48.5 Å². The molecule has 1 atom stereocenters. The zero-order chi connectivity index (χ0) is 21.6. The van der Waals surface area contributed by atoms with E-state index in [4.69, 9.17) is 8.83 Å². The normalized spacial score (nSPS) is 12.3. The van der Waals surface area contributed by atoms with Crippen LogP contribution in [0.2, 0.25) is 0 Å². The van der Waals surface area contributed by atoms with Crippen molar-refractivity contribution in [1.29, 1.82) is 0 Å². The number of carbonyl (C=O) groups excluding carboxylic acids is 2. The molecule has 2 amide bonds. The van der Waals surface area contributed by atoms with Crippen LogP contribution in [0.3, 0.4) is 0 Å². The molecule has 1 unspecified atom stereocenters. The number of amides is 2. The molecule has 2 N–H and O–H groups in total. The number of hydrogen-bond donors (Lipinski definition) is 2. The van der Waals surface area contributed by atoms with Crippen LogP contribution < -0.4 is 10.6 Å². The van der Waals surface area contributed by atoms with Crippen LogP contribution in [-0.2, 0) is 25.8 Å². The molecule has 0 aliphatic carbocycles. The van der Waals surface area contributed by atoms with E-state index in [1.165, 1.54) is 24.7 Å². The zero-order valence-corrected chi connectivity index (χ0v) is 16.5. The van der Waals surface area contributed by atoms with Gasteiger partial charge in [0.1, 0.15) is 22.6 Å². The number of rotatable bonds is 8. The highest BCUT2D eigenvalue weighted by molar-refractivity contribution is 7.91. The SMILES string of the molecule is O=C(NCCc1ccco1)C(=O)NCC(c1ccco1)S(=O)(=O)c1ccc(F)cc1. The van der Waals surface area contributed by atoms with Crippen molar-refractivity contribution in [2.75, 3.05) is 13.1 Å². The van der Waals surface area contributed by atoms with Gasteiger partial charge in [-0.25, -0.2) is 12.8 Å². The minimum Gasteiger partial charge on any atom is -0.469 e. The first-order valence-corrected chi connectivity index (χ1v) is 10.5. The van der Waals surface area contributed by atoms with E-state index in [1.54, 1.807) is 12.1 Å². The second kappa shape index (κ2) is 9.40. The average molecular weight is 434 g/mol. The molecule has 30 heavy (non-hydrogen) atoms. The van der Waals surface area contributed by atoms with Crippen molar-refractivity contribution in [2.45, 2.75) is 16.6 Å². The maximum Gasteiger partial charge on any atom is 0.309 e. The predicted octanol–water partition coefficient (Wildman–Crippen LogP) is 2.00. The van der Waals surface area contributed by atoms with Gasteiger partial charge in [-0.1, -0.05) is 0 Å². The van der Waals surface area contributed by atoms with Gasteiger partial charge in [0.15, 0.2) is 9.84 Å². The second-order valence-electron chi connectivity index (χ2n) is 6.30. The first-order chi connectivity index (χ1) is 14.4. The molecule has 0 aliphatic heterocycles. The van der Waals surface area contributed by atoms with Gasteiger partial charge in [-0.2, -0.15) is 0 Å². The van der Waals surface area contributed by atoms with Gasteiger partial charge in [0, 0.05) is 19.5 Å². The molecule has 2 aromatic heterocycles. The molecule has 1 aromatic carbocycles. The lowest BCUT2D eigenvalue weighted by Gasteiger charge is -2.16. The number of hydrogen-bond acceptors (Lipinski definition) is 6. The summed E-state index contributed by atoms with van der Waals surface area (Å²) in [6, 6.07) is 10.7. The van der Waals surface area contributed by atoms with E-state index < -0.39 is 39.3 Å². The van der Waals surface area contributed by atoms with Crippen molar-refractivity contribution in [3.8, 4) is 0 Å². The average Bonchev–Trinajstić information content (AvgIpc) is 3.42. The maximum atomic E-state index is 13.2. The van der Waals surface area contributed by atoms with Crippen molar-refractivity contribution >= 4 is 21.7 Å². The van der Waals surface area contributed by atoms with Crippen molar-refractivity contribution in [2.24, 2.45) is 0 Å². The number of furan rings is 2. The highest BCUT2D eigenvalue weighted by Crippen LogP contribution is 2.29. The van der Waals surface area contributed by atoms with Crippen LogP contribution in [0.5, 0.6) is 0 Å². The Morgan fingerprint density at radius 2 is 1.60 bits per heavy atom. The number of sulfone groups is 1. The molecule has 0 fully saturated rings. The van der Waals surface area contributed by atoms with Gasteiger partial charge in [0.2, 0.25) is 0 Å². The van der Waals surface area contributed by atoms with Crippen LogP contribution in [0.15, 0.2) is 74.8 Å². The minimum atomic E-state index is -4.03. The summed E-state index contributed by atoms with van der Waals surface area (Å²) in [4.78, 5) is 23.9. The van der Waals surface area contributed by atoms with Gasteiger partial charge in [-0.3, -0.25) is 9.59 Å². The van der Waals surface area contributed by atoms with Crippen LogP contribution >= 0.6 is 0 Å². The summed E-state index contributed by atoms with van der Waals surface area (Å²) in [5.74, 6) is -1.74. The van der Waals surface area contributed by atoms with E-state index in [0.29, 0.717) is 12.2 Å². The number of nitrogens with one attached hydrogen (secondary N) is 2. The Hall–Kier alpha value is -3.40. The number of halogens is 1. The van der Waals surface area contributed by atoms with Crippen LogP contribution in [0.25, 0.3) is 0 Å². The van der Waals surface area contributed by atoms with Crippen molar-refractivity contribution in [1.82, 2.24) is 10.6 Å². The maximum absolute atomic E-state index is 13.2. The van der Waals surface area contributed by atoms with Gasteiger partial charge in [0.05, 0.1) is 17.4 Å². The molecule has 0 aliphatic rings. The first-order valence-electron chi connectivity index (χ1n) is 8.99. The van der Waals surface area contributed by atoms with Gasteiger partial charge < -0.3 is 19.5 Å². The van der Waals surface area contributed by atoms with E-state index in [1.807, 2.05) is 0 Å². The molecule has 0 radical (unpaired) electrons. The minimum absolute atomic E-state index is 0.0813. The van der Waals surface area contributed by atoms with E-state index in [9.17, 15) is 22.4 Å². The summed E-state index contributed by atoms with van der Waals surface area (Å²) < 4.78 is 49.5. The number of benzene rings is 1. The third kappa shape index (κ3) is 5.15. The van der Waals surface area contributed by atoms with E-state index in [-0.39, 0.29) is 17.2 Å². The zero-order valence-electron chi connectivity index (χ0n) is 15.7. The quantitative estimate of drug-likeness (QED) is 0.414. The standard InChI is InChI=1S/C20H19FN2O6S/c21-14-5-7-16(8-6-14)30(26,27)18(17-4-2-12-29-17)13-23-20(25)19(24)22-10-9-15-3-1-11-28-15/h1-8,11-12,18H,9-10,13H2,(H,22,24)(H,23,25). The lowest BCUT2D eigenvalue weighted by atomic mass is 10.3. The Morgan fingerprint density at radius 3 is 2.23 bits per heavy atom. The molecular weight excluding hydrogens is 415 g/mol. The van der Waals surface area contributed by atoms with E-state index in [2.05, 4.69) is 10.6 Å². The summed E-state index contributed by atoms with van der Waals surface area (Å²) in [6.07, 6.45) is 3.20. The van der Waals surface area contributed by atoms with Crippen molar-refractivity contribution < 1.29 is 31.2 Å². The molecule has 0 spiro atoms. The summed E-state index contributed by atoms with van der Waals surface area (Å²) >= 11 is 0. The summed E-state index contributed by atoms with van der Waals surface area (Å²) in [5, 5.41) is 3.45. The summed E-state index contributed by atoms with van der Waals surface area (Å²) in [6.45, 7) is -0.229. The molecule has 0 saturated carbocycles. The second-order valence-corrected chi connectivity index (χ2v) is 8.43. The smallest absolute Gasteiger partial charge is 0.309 e. The molecule has 0 bridgehead atoms.